The highest BCUT2D eigenvalue weighted by molar-refractivity contribution is 5.81. The summed E-state index contributed by atoms with van der Waals surface area (Å²) in [4.78, 5) is 28.9. The molecule has 1 saturated carbocycles. The van der Waals surface area contributed by atoms with Crippen molar-refractivity contribution in [2.45, 2.75) is 69.4 Å². The van der Waals surface area contributed by atoms with Crippen LogP contribution in [0.15, 0.2) is 41.3 Å². The lowest BCUT2D eigenvalue weighted by Crippen LogP contribution is -2.49. The smallest absolute Gasteiger partial charge is 0.250 e. The number of pyridine rings is 1. The number of hydrogen-bond donors (Lipinski definition) is 1. The minimum atomic E-state index is -0.133. The SMILES string of the molecule is COCCCc1ccc2c(c1)C(N(C(=O)[C@H]1CNCCC1c1ccn(C)c(=O)c1)C1CC1)CCC2. The van der Waals surface area contributed by atoms with Crippen LogP contribution in [0.3, 0.4) is 0 Å². The lowest BCUT2D eigenvalue weighted by molar-refractivity contribution is -0.140. The molecule has 0 bridgehead atoms. The first kappa shape index (κ1) is 24.3. The first-order valence-electron chi connectivity index (χ1n) is 13.4. The summed E-state index contributed by atoms with van der Waals surface area (Å²) in [5.41, 5.74) is 5.11. The number of nitrogens with one attached hydrogen (secondary N) is 1. The maximum absolute atomic E-state index is 14.3. The van der Waals surface area contributed by atoms with Gasteiger partial charge in [0.2, 0.25) is 5.91 Å². The van der Waals surface area contributed by atoms with Gasteiger partial charge in [0.15, 0.2) is 0 Å². The molecule has 3 aliphatic rings. The second kappa shape index (κ2) is 10.7. The summed E-state index contributed by atoms with van der Waals surface area (Å²) >= 11 is 0. The van der Waals surface area contributed by atoms with Crippen LogP contribution in [-0.4, -0.2) is 48.2 Å². The third kappa shape index (κ3) is 5.24. The molecule has 3 atom stereocenters. The third-order valence-electron chi connectivity index (χ3n) is 8.19. The van der Waals surface area contributed by atoms with E-state index >= 15 is 0 Å². The average Bonchev–Trinajstić information content (AvgIpc) is 3.71. The number of ether oxygens (including phenoxy) is 1. The monoisotopic (exact) mass is 477 g/mol. The number of piperidine rings is 1. The van der Waals surface area contributed by atoms with Gasteiger partial charge in [0.05, 0.1) is 12.0 Å². The molecular weight excluding hydrogens is 438 g/mol. The van der Waals surface area contributed by atoms with Crippen LogP contribution in [0.4, 0.5) is 0 Å². The highest BCUT2D eigenvalue weighted by atomic mass is 16.5. The molecule has 1 aromatic heterocycles. The Bertz CT molecular complexity index is 1110. The van der Waals surface area contributed by atoms with Crippen molar-refractivity contribution in [2.24, 2.45) is 13.0 Å². The Balaban J connectivity index is 1.44. The molecule has 6 heteroatoms. The summed E-state index contributed by atoms with van der Waals surface area (Å²) < 4.78 is 6.85. The quantitative estimate of drug-likeness (QED) is 0.589. The molecule has 2 fully saturated rings. The van der Waals surface area contributed by atoms with E-state index in [2.05, 4.69) is 28.4 Å². The molecule has 2 aliphatic carbocycles. The van der Waals surface area contributed by atoms with Crippen molar-refractivity contribution in [1.82, 2.24) is 14.8 Å². The summed E-state index contributed by atoms with van der Waals surface area (Å²) in [6, 6.07) is 11.2. The van der Waals surface area contributed by atoms with E-state index in [1.807, 2.05) is 12.3 Å². The van der Waals surface area contributed by atoms with E-state index in [0.29, 0.717) is 12.6 Å². The van der Waals surface area contributed by atoms with Crippen LogP contribution in [-0.2, 0) is 29.4 Å². The van der Waals surface area contributed by atoms with Crippen molar-refractivity contribution in [1.29, 1.82) is 0 Å². The molecule has 1 aromatic carbocycles. The number of nitrogens with zero attached hydrogens (tertiary/aromatic N) is 2. The summed E-state index contributed by atoms with van der Waals surface area (Å²) in [5, 5.41) is 3.47. The Morgan fingerprint density at radius 1 is 1.17 bits per heavy atom. The maximum Gasteiger partial charge on any atom is 0.250 e. The Kier molecular flexibility index (Phi) is 7.40. The molecule has 2 aromatic rings. The Morgan fingerprint density at radius 3 is 2.80 bits per heavy atom. The van der Waals surface area contributed by atoms with Gasteiger partial charge in [-0.05, 0) is 92.1 Å². The fraction of sp³-hybridized carbons (Fsp3) is 0.586. The molecule has 2 heterocycles. The van der Waals surface area contributed by atoms with Crippen molar-refractivity contribution < 1.29 is 9.53 Å². The molecule has 1 aliphatic heterocycles. The van der Waals surface area contributed by atoms with Crippen LogP contribution in [0.2, 0.25) is 0 Å². The summed E-state index contributed by atoms with van der Waals surface area (Å²) in [7, 11) is 3.53. The van der Waals surface area contributed by atoms with E-state index in [4.69, 9.17) is 4.74 Å². The molecule has 0 spiro atoms. The van der Waals surface area contributed by atoms with Crippen LogP contribution in [0.5, 0.6) is 0 Å². The van der Waals surface area contributed by atoms with Gasteiger partial charge in [-0.2, -0.15) is 0 Å². The number of hydrogen-bond acceptors (Lipinski definition) is 4. The number of methoxy groups -OCH3 is 1. The third-order valence-corrected chi connectivity index (χ3v) is 8.19. The van der Waals surface area contributed by atoms with E-state index < -0.39 is 0 Å². The van der Waals surface area contributed by atoms with Crippen molar-refractivity contribution in [3.8, 4) is 0 Å². The topological polar surface area (TPSA) is 63.6 Å². The normalized spacial score (nSPS) is 24.1. The number of aromatic nitrogens is 1. The van der Waals surface area contributed by atoms with Gasteiger partial charge in [-0.25, -0.2) is 0 Å². The minimum Gasteiger partial charge on any atom is -0.385 e. The van der Waals surface area contributed by atoms with E-state index in [0.717, 1.165) is 70.1 Å². The van der Waals surface area contributed by atoms with Crippen molar-refractivity contribution in [2.75, 3.05) is 26.8 Å². The predicted molar refractivity (Wildman–Crippen MR) is 138 cm³/mol. The summed E-state index contributed by atoms with van der Waals surface area (Å²) in [6.45, 7) is 2.33. The Hall–Kier alpha value is -2.44. The highest BCUT2D eigenvalue weighted by Gasteiger charge is 2.44. The number of carbonyl (C=O) groups excluding carboxylic acids is 1. The summed E-state index contributed by atoms with van der Waals surface area (Å²) in [5.74, 6) is 0.224. The van der Waals surface area contributed by atoms with Gasteiger partial charge in [-0.15, -0.1) is 0 Å². The standard InChI is InChI=1S/C29H39N3O3/c1-31-15-13-22(18-28(31)33)24-12-14-30-19-26(24)29(34)32(23-10-11-23)27-7-3-6-21-9-8-20(17-25(21)27)5-4-16-35-2/h8-9,13,15,17-18,23-24,26-27,30H,3-7,10-12,14,16,19H2,1-2H3/t24?,26-,27?/m0/s1. The molecule has 5 rings (SSSR count). The number of carbonyl (C=O) groups is 1. The second-order valence-electron chi connectivity index (χ2n) is 10.6. The fourth-order valence-electron chi connectivity index (χ4n) is 6.13. The van der Waals surface area contributed by atoms with Crippen LogP contribution in [0.25, 0.3) is 0 Å². The second-order valence-corrected chi connectivity index (χ2v) is 10.6. The fourth-order valence-corrected chi connectivity index (χ4v) is 6.13. The van der Waals surface area contributed by atoms with E-state index in [1.54, 1.807) is 24.8 Å². The first-order valence-corrected chi connectivity index (χ1v) is 13.4. The zero-order chi connectivity index (χ0) is 24.4. The van der Waals surface area contributed by atoms with Gasteiger partial charge in [0.25, 0.3) is 5.56 Å². The van der Waals surface area contributed by atoms with E-state index in [9.17, 15) is 9.59 Å². The molecule has 1 amide bonds. The molecule has 1 saturated heterocycles. The van der Waals surface area contributed by atoms with Crippen LogP contribution < -0.4 is 10.9 Å². The lowest BCUT2D eigenvalue weighted by atomic mass is 9.79. The molecule has 6 nitrogen and oxygen atoms in total. The number of benzene rings is 1. The van der Waals surface area contributed by atoms with Gasteiger partial charge >= 0.3 is 0 Å². The number of amides is 1. The average molecular weight is 478 g/mol. The van der Waals surface area contributed by atoms with Crippen LogP contribution >= 0.6 is 0 Å². The highest BCUT2D eigenvalue weighted by Crippen LogP contribution is 2.44. The molecule has 1 N–H and O–H groups in total. The predicted octanol–water partition coefficient (Wildman–Crippen LogP) is 3.73. The maximum atomic E-state index is 14.3. The Labute approximate surface area is 208 Å². The van der Waals surface area contributed by atoms with Crippen molar-refractivity contribution in [3.63, 3.8) is 0 Å². The van der Waals surface area contributed by atoms with Crippen molar-refractivity contribution in [3.05, 3.63) is 69.1 Å². The molecule has 0 radical (unpaired) electrons. The number of aryl methyl sites for hydroxylation is 3. The molecule has 188 valence electrons. The van der Waals surface area contributed by atoms with Crippen LogP contribution in [0, 0.1) is 5.92 Å². The number of rotatable bonds is 8. The Morgan fingerprint density at radius 2 is 2.03 bits per heavy atom. The van der Waals surface area contributed by atoms with Crippen molar-refractivity contribution >= 4 is 5.91 Å². The largest absolute Gasteiger partial charge is 0.385 e. The molecule has 35 heavy (non-hydrogen) atoms. The van der Waals surface area contributed by atoms with E-state index in [1.165, 1.54) is 16.7 Å². The van der Waals surface area contributed by atoms with Gasteiger partial charge in [0.1, 0.15) is 0 Å². The van der Waals surface area contributed by atoms with Gasteiger partial charge in [-0.1, -0.05) is 18.2 Å². The minimum absolute atomic E-state index is 0.00603. The zero-order valence-electron chi connectivity index (χ0n) is 21.2. The zero-order valence-corrected chi connectivity index (χ0v) is 21.2. The molecule has 2 unspecified atom stereocenters. The first-order chi connectivity index (χ1) is 17.1. The molecular formula is C29H39N3O3. The van der Waals surface area contributed by atoms with Crippen LogP contribution in [0.1, 0.15) is 72.7 Å². The van der Waals surface area contributed by atoms with Gasteiger partial charge in [-0.3, -0.25) is 9.59 Å². The van der Waals surface area contributed by atoms with Gasteiger partial charge < -0.3 is 19.5 Å². The van der Waals surface area contributed by atoms with E-state index in [-0.39, 0.29) is 29.3 Å². The summed E-state index contributed by atoms with van der Waals surface area (Å²) in [6.07, 6.45) is 10.2. The lowest BCUT2D eigenvalue weighted by Gasteiger charge is -2.41. The van der Waals surface area contributed by atoms with Gasteiger partial charge in [0, 0.05) is 45.6 Å². The number of fused-ring (bicyclic) bond motifs is 1.